The van der Waals surface area contributed by atoms with Crippen LogP contribution in [0.1, 0.15) is 62.5 Å². The van der Waals surface area contributed by atoms with Crippen LogP contribution in [0.25, 0.3) is 0 Å². The highest BCUT2D eigenvalue weighted by Gasteiger charge is 2.43. The molecule has 1 aliphatic heterocycles. The fraction of sp³-hybridized carbons (Fsp3) is 0.448. The lowest BCUT2D eigenvalue weighted by atomic mass is 9.73. The lowest BCUT2D eigenvalue weighted by molar-refractivity contribution is -0.138. The fourth-order valence-corrected chi connectivity index (χ4v) is 5.56. The van der Waals surface area contributed by atoms with Crippen molar-refractivity contribution < 1.29 is 28.2 Å². The summed E-state index contributed by atoms with van der Waals surface area (Å²) < 4.78 is 22.8. The standard InChI is InChI=1S/C29H35NO6S/c1-6-34-23-11-9-19(16-25(23)33-5)20-14-21-27(22(31)15-20)28(24-10-8-17(3)36-24)26(18(4)30-21)29(32)35-12-13-37-7-2/h8-11,16,20,28,30H,6-7,12-15H2,1-5H3/t20-,28-/m1/s1. The highest BCUT2D eigenvalue weighted by Crippen LogP contribution is 2.46. The second-order valence-corrected chi connectivity index (χ2v) is 10.5. The maximum atomic E-state index is 13.7. The number of rotatable bonds is 10. The Bertz CT molecular complexity index is 1230. The Hall–Kier alpha value is -3.13. The predicted octanol–water partition coefficient (Wildman–Crippen LogP) is 5.65. The van der Waals surface area contributed by atoms with Crippen LogP contribution in [0.3, 0.4) is 0 Å². The Kier molecular flexibility index (Phi) is 8.69. The molecule has 0 unspecified atom stereocenters. The van der Waals surface area contributed by atoms with Gasteiger partial charge in [0.2, 0.25) is 0 Å². The highest BCUT2D eigenvalue weighted by molar-refractivity contribution is 7.99. The van der Waals surface area contributed by atoms with Crippen molar-refractivity contribution in [3.8, 4) is 11.5 Å². The first-order chi connectivity index (χ1) is 17.9. The Balaban J connectivity index is 1.67. The average molecular weight is 526 g/mol. The van der Waals surface area contributed by atoms with Gasteiger partial charge >= 0.3 is 5.97 Å². The van der Waals surface area contributed by atoms with Gasteiger partial charge in [-0.2, -0.15) is 11.8 Å². The van der Waals surface area contributed by atoms with Crippen molar-refractivity contribution >= 4 is 23.5 Å². The Morgan fingerprint density at radius 2 is 1.95 bits per heavy atom. The number of hydrogen-bond donors (Lipinski definition) is 1. The second-order valence-electron chi connectivity index (χ2n) is 9.14. The summed E-state index contributed by atoms with van der Waals surface area (Å²) in [7, 11) is 1.61. The topological polar surface area (TPSA) is 87.0 Å². The molecular weight excluding hydrogens is 490 g/mol. The van der Waals surface area contributed by atoms with E-state index >= 15 is 0 Å². The minimum Gasteiger partial charge on any atom is -0.493 e. The van der Waals surface area contributed by atoms with Crippen molar-refractivity contribution in [1.29, 1.82) is 0 Å². The number of nitrogens with one attached hydrogen (secondary N) is 1. The third kappa shape index (κ3) is 5.74. The zero-order valence-corrected chi connectivity index (χ0v) is 23.0. The number of aryl methyl sites for hydroxylation is 1. The van der Waals surface area contributed by atoms with Gasteiger partial charge in [-0.15, -0.1) is 0 Å². The van der Waals surface area contributed by atoms with Crippen LogP contribution in [0, 0.1) is 6.92 Å². The van der Waals surface area contributed by atoms with E-state index in [1.54, 1.807) is 18.9 Å². The summed E-state index contributed by atoms with van der Waals surface area (Å²) in [6, 6.07) is 9.54. The fourth-order valence-electron chi connectivity index (χ4n) is 5.07. The SMILES string of the molecule is CCOc1ccc([C@H]2CC(=O)C3=C(C2)NC(C)=C(C(=O)OCCSCC)[C@H]3c2ccc(C)o2)cc1OC. The first kappa shape index (κ1) is 26.9. The number of allylic oxidation sites excluding steroid dienone is 3. The molecule has 0 saturated heterocycles. The molecule has 0 fully saturated rings. The number of benzene rings is 1. The molecule has 2 atom stereocenters. The van der Waals surface area contributed by atoms with Crippen molar-refractivity contribution in [2.45, 2.75) is 52.4 Å². The Morgan fingerprint density at radius 3 is 2.62 bits per heavy atom. The van der Waals surface area contributed by atoms with Gasteiger partial charge in [-0.25, -0.2) is 4.79 Å². The molecule has 4 rings (SSSR count). The summed E-state index contributed by atoms with van der Waals surface area (Å²) in [5.74, 6) is 3.26. The number of dihydropyridines is 1. The van der Waals surface area contributed by atoms with Crippen LogP contribution in [0.4, 0.5) is 0 Å². The normalized spacial score (nSPS) is 19.4. The Labute approximate surface area is 222 Å². The smallest absolute Gasteiger partial charge is 0.336 e. The predicted molar refractivity (Wildman–Crippen MR) is 144 cm³/mol. The van der Waals surface area contributed by atoms with Gasteiger partial charge in [0.25, 0.3) is 0 Å². The third-order valence-corrected chi connectivity index (χ3v) is 7.58. The zero-order valence-electron chi connectivity index (χ0n) is 22.1. The largest absolute Gasteiger partial charge is 0.493 e. The number of furan rings is 1. The summed E-state index contributed by atoms with van der Waals surface area (Å²) in [5.41, 5.74) is 3.54. The van der Waals surface area contributed by atoms with Crippen molar-refractivity contribution in [2.24, 2.45) is 0 Å². The van der Waals surface area contributed by atoms with Crippen LogP contribution in [-0.2, 0) is 14.3 Å². The Morgan fingerprint density at radius 1 is 1.14 bits per heavy atom. The molecule has 37 heavy (non-hydrogen) atoms. The minimum atomic E-state index is -0.598. The quantitative estimate of drug-likeness (QED) is 0.314. The molecule has 2 heterocycles. The summed E-state index contributed by atoms with van der Waals surface area (Å²) in [6.45, 7) is 8.57. The number of thioether (sulfide) groups is 1. The first-order valence-electron chi connectivity index (χ1n) is 12.7. The summed E-state index contributed by atoms with van der Waals surface area (Å²) in [6.07, 6.45) is 0.948. The molecule has 2 aromatic rings. The number of ketones is 1. The molecule has 1 aliphatic carbocycles. The molecule has 2 aliphatic rings. The number of esters is 1. The van der Waals surface area contributed by atoms with Crippen LogP contribution in [0.5, 0.6) is 11.5 Å². The van der Waals surface area contributed by atoms with Crippen molar-refractivity contribution in [3.05, 3.63) is 70.0 Å². The molecule has 1 aromatic heterocycles. The lowest BCUT2D eigenvalue weighted by Crippen LogP contribution is -2.36. The maximum absolute atomic E-state index is 13.7. The number of carbonyl (C=O) groups excluding carboxylic acids is 2. The number of Topliss-reactive ketones (excluding diaryl/α,β-unsaturated/α-hetero) is 1. The molecule has 0 bridgehead atoms. The van der Waals surface area contributed by atoms with E-state index < -0.39 is 11.9 Å². The number of carbonyl (C=O) groups is 2. The molecule has 8 heteroatoms. The highest BCUT2D eigenvalue weighted by atomic mass is 32.2. The van der Waals surface area contributed by atoms with Gasteiger partial charge in [0.15, 0.2) is 17.3 Å². The summed E-state index contributed by atoms with van der Waals surface area (Å²) in [5, 5.41) is 3.38. The molecule has 1 aromatic carbocycles. The third-order valence-electron chi connectivity index (χ3n) is 6.72. The number of hydrogen-bond acceptors (Lipinski definition) is 8. The van der Waals surface area contributed by atoms with Crippen LogP contribution in [0.15, 0.2) is 57.3 Å². The van der Waals surface area contributed by atoms with E-state index in [0.29, 0.717) is 60.2 Å². The van der Waals surface area contributed by atoms with Gasteiger partial charge in [0.05, 0.1) is 25.2 Å². The monoisotopic (exact) mass is 525 g/mol. The van der Waals surface area contributed by atoms with Crippen LogP contribution >= 0.6 is 11.8 Å². The summed E-state index contributed by atoms with van der Waals surface area (Å²) in [4.78, 5) is 27.0. The van der Waals surface area contributed by atoms with Crippen LogP contribution in [0.2, 0.25) is 0 Å². The molecule has 0 saturated carbocycles. The minimum absolute atomic E-state index is 0.00927. The van der Waals surface area contributed by atoms with E-state index in [1.807, 2.05) is 51.1 Å². The molecule has 0 amide bonds. The van der Waals surface area contributed by atoms with Gasteiger partial charge in [-0.1, -0.05) is 13.0 Å². The van der Waals surface area contributed by atoms with Crippen molar-refractivity contribution in [1.82, 2.24) is 5.32 Å². The van der Waals surface area contributed by atoms with Gasteiger partial charge in [-0.05, 0) is 68.7 Å². The van der Waals surface area contributed by atoms with Crippen molar-refractivity contribution in [2.75, 3.05) is 31.8 Å². The molecule has 1 N–H and O–H groups in total. The molecule has 0 radical (unpaired) electrons. The van der Waals surface area contributed by atoms with E-state index in [4.69, 9.17) is 18.6 Å². The van der Waals surface area contributed by atoms with E-state index in [1.165, 1.54) is 0 Å². The lowest BCUT2D eigenvalue weighted by Gasteiger charge is -2.35. The van der Waals surface area contributed by atoms with Crippen molar-refractivity contribution in [3.63, 3.8) is 0 Å². The first-order valence-corrected chi connectivity index (χ1v) is 13.9. The van der Waals surface area contributed by atoms with Gasteiger partial charge in [0, 0.05) is 29.1 Å². The zero-order chi connectivity index (χ0) is 26.5. The molecule has 7 nitrogen and oxygen atoms in total. The molecular formula is C29H35NO6S. The van der Waals surface area contributed by atoms with Gasteiger partial charge in [-0.3, -0.25) is 4.79 Å². The van der Waals surface area contributed by atoms with Gasteiger partial charge in [0.1, 0.15) is 18.1 Å². The van der Waals surface area contributed by atoms with Crippen LogP contribution in [-0.4, -0.2) is 43.6 Å². The molecule has 0 spiro atoms. The van der Waals surface area contributed by atoms with Crippen LogP contribution < -0.4 is 14.8 Å². The van der Waals surface area contributed by atoms with E-state index in [0.717, 1.165) is 28.5 Å². The average Bonchev–Trinajstić information content (AvgIpc) is 3.31. The van der Waals surface area contributed by atoms with E-state index in [2.05, 4.69) is 12.2 Å². The number of methoxy groups -OCH3 is 1. The maximum Gasteiger partial charge on any atom is 0.336 e. The molecule has 198 valence electrons. The summed E-state index contributed by atoms with van der Waals surface area (Å²) >= 11 is 1.71. The van der Waals surface area contributed by atoms with Gasteiger partial charge < -0.3 is 23.9 Å². The van der Waals surface area contributed by atoms with E-state index in [-0.39, 0.29) is 11.7 Å². The second kappa shape index (κ2) is 11.9. The van der Waals surface area contributed by atoms with E-state index in [9.17, 15) is 9.59 Å². The number of ether oxygens (including phenoxy) is 3.